The van der Waals surface area contributed by atoms with Crippen molar-refractivity contribution in [3.63, 3.8) is 0 Å². The molecule has 138 valence electrons. The molecule has 1 atom stereocenters. The van der Waals surface area contributed by atoms with E-state index in [-0.39, 0.29) is 19.2 Å². The third kappa shape index (κ3) is 4.74. The summed E-state index contributed by atoms with van der Waals surface area (Å²) in [7, 11) is 1.56. The van der Waals surface area contributed by atoms with Crippen LogP contribution >= 0.6 is 0 Å². The van der Waals surface area contributed by atoms with Gasteiger partial charge >= 0.3 is 12.2 Å². The second kappa shape index (κ2) is 7.16. The van der Waals surface area contributed by atoms with E-state index in [2.05, 4.69) is 4.98 Å². The van der Waals surface area contributed by atoms with Crippen molar-refractivity contribution in [2.75, 3.05) is 18.5 Å². The van der Waals surface area contributed by atoms with Gasteiger partial charge in [0.1, 0.15) is 29.0 Å². The minimum absolute atomic E-state index is 0.108. The molecule has 1 aromatic rings. The molecule has 1 aliphatic rings. The van der Waals surface area contributed by atoms with E-state index in [1.807, 2.05) is 6.92 Å². The number of hydrogen-bond acceptors (Lipinski definition) is 5. The van der Waals surface area contributed by atoms with E-state index in [9.17, 15) is 14.7 Å². The van der Waals surface area contributed by atoms with Gasteiger partial charge in [-0.05, 0) is 39.3 Å². The number of amides is 2. The van der Waals surface area contributed by atoms with Crippen LogP contribution in [0.15, 0.2) is 12.1 Å². The van der Waals surface area contributed by atoms with E-state index in [0.717, 1.165) is 0 Å². The van der Waals surface area contributed by atoms with Crippen LogP contribution < -0.4 is 9.64 Å². The largest absolute Gasteiger partial charge is 0.487 e. The second-order valence-corrected chi connectivity index (χ2v) is 6.96. The number of carbonyl (C=O) groups is 2. The lowest BCUT2D eigenvalue weighted by Crippen LogP contribution is -2.36. The SMILES string of the molecule is CC[C@@H]1CN(C(=O)O)Cc2nc(N(C)C(=O)OC(C)(C)C)ccc2O1. The van der Waals surface area contributed by atoms with Crippen LogP contribution in [0, 0.1) is 0 Å². The molecule has 0 radical (unpaired) electrons. The van der Waals surface area contributed by atoms with Crippen LogP contribution in [0.3, 0.4) is 0 Å². The second-order valence-electron chi connectivity index (χ2n) is 6.96. The molecule has 0 aromatic carbocycles. The molecule has 1 N–H and O–H groups in total. The standard InChI is InChI=1S/C17H25N3O5/c1-6-11-9-20(15(21)22)10-12-13(24-11)7-8-14(18-12)19(5)16(23)25-17(2,3)4/h7-8,11H,6,9-10H2,1-5H3,(H,21,22)/t11-/m1/s1. The van der Waals surface area contributed by atoms with Crippen molar-refractivity contribution in [1.82, 2.24) is 9.88 Å². The summed E-state index contributed by atoms with van der Waals surface area (Å²) < 4.78 is 11.2. The molecular weight excluding hydrogens is 326 g/mol. The van der Waals surface area contributed by atoms with Gasteiger partial charge in [0.15, 0.2) is 0 Å². The molecule has 2 rings (SSSR count). The highest BCUT2D eigenvalue weighted by atomic mass is 16.6. The number of pyridine rings is 1. The normalized spacial score (nSPS) is 17.2. The average molecular weight is 351 g/mol. The summed E-state index contributed by atoms with van der Waals surface area (Å²) in [6, 6.07) is 3.37. The Hall–Kier alpha value is -2.51. The maximum Gasteiger partial charge on any atom is 0.415 e. The molecule has 2 amide bonds. The van der Waals surface area contributed by atoms with E-state index in [1.54, 1.807) is 40.0 Å². The number of rotatable bonds is 2. The van der Waals surface area contributed by atoms with Crippen LogP contribution in [-0.2, 0) is 11.3 Å². The molecule has 1 aliphatic heterocycles. The maximum absolute atomic E-state index is 12.2. The first-order chi connectivity index (χ1) is 11.6. The molecule has 8 heteroatoms. The summed E-state index contributed by atoms with van der Waals surface area (Å²) in [5.74, 6) is 0.911. The summed E-state index contributed by atoms with van der Waals surface area (Å²) >= 11 is 0. The lowest BCUT2D eigenvalue weighted by atomic mass is 10.2. The van der Waals surface area contributed by atoms with Gasteiger partial charge < -0.3 is 14.6 Å². The van der Waals surface area contributed by atoms with Gasteiger partial charge in [-0.15, -0.1) is 0 Å². The quantitative estimate of drug-likeness (QED) is 0.880. The first kappa shape index (κ1) is 18.8. The molecule has 0 aliphatic carbocycles. The van der Waals surface area contributed by atoms with Gasteiger partial charge in [-0.1, -0.05) is 6.92 Å². The number of carbonyl (C=O) groups excluding carboxylic acids is 1. The van der Waals surface area contributed by atoms with E-state index < -0.39 is 17.8 Å². The lowest BCUT2D eigenvalue weighted by molar-refractivity contribution is 0.0588. The summed E-state index contributed by atoms with van der Waals surface area (Å²) in [6.45, 7) is 7.68. The summed E-state index contributed by atoms with van der Waals surface area (Å²) in [6.07, 6.45) is -1.10. The highest BCUT2D eigenvalue weighted by molar-refractivity contribution is 5.86. The van der Waals surface area contributed by atoms with E-state index in [1.165, 1.54) is 9.80 Å². The van der Waals surface area contributed by atoms with Crippen LogP contribution in [0.25, 0.3) is 0 Å². The highest BCUT2D eigenvalue weighted by Gasteiger charge is 2.27. The molecular formula is C17H25N3O5. The number of anilines is 1. The number of hydrogen-bond donors (Lipinski definition) is 1. The Balaban J connectivity index is 2.28. The molecule has 8 nitrogen and oxygen atoms in total. The first-order valence-corrected chi connectivity index (χ1v) is 8.22. The van der Waals surface area contributed by atoms with Gasteiger partial charge in [-0.3, -0.25) is 9.80 Å². The Labute approximate surface area is 147 Å². The van der Waals surface area contributed by atoms with E-state index >= 15 is 0 Å². The number of carboxylic acid groups (broad SMARTS) is 1. The van der Waals surface area contributed by atoms with Crippen molar-refractivity contribution in [3.8, 4) is 5.75 Å². The monoisotopic (exact) mass is 351 g/mol. The summed E-state index contributed by atoms with van der Waals surface area (Å²) in [4.78, 5) is 30.6. The zero-order valence-electron chi connectivity index (χ0n) is 15.3. The van der Waals surface area contributed by atoms with Gasteiger partial charge in [0.25, 0.3) is 0 Å². The first-order valence-electron chi connectivity index (χ1n) is 8.22. The number of nitrogens with zero attached hydrogens (tertiary/aromatic N) is 3. The van der Waals surface area contributed by atoms with Crippen LogP contribution in [0.1, 0.15) is 39.8 Å². The van der Waals surface area contributed by atoms with Crippen molar-refractivity contribution in [1.29, 1.82) is 0 Å². The number of fused-ring (bicyclic) bond motifs is 1. The Morgan fingerprint density at radius 1 is 1.44 bits per heavy atom. The average Bonchev–Trinajstić information content (AvgIpc) is 2.70. The topological polar surface area (TPSA) is 92.2 Å². The van der Waals surface area contributed by atoms with E-state index in [0.29, 0.717) is 23.7 Å². The fraction of sp³-hybridized carbons (Fsp3) is 0.588. The van der Waals surface area contributed by atoms with Crippen molar-refractivity contribution in [2.45, 2.75) is 52.4 Å². The minimum Gasteiger partial charge on any atom is -0.487 e. The molecule has 25 heavy (non-hydrogen) atoms. The number of ether oxygens (including phenoxy) is 2. The van der Waals surface area contributed by atoms with Gasteiger partial charge in [-0.2, -0.15) is 0 Å². The fourth-order valence-corrected chi connectivity index (χ4v) is 2.37. The molecule has 2 heterocycles. The molecule has 0 fully saturated rings. The van der Waals surface area contributed by atoms with Crippen LogP contribution in [0.2, 0.25) is 0 Å². The molecule has 0 saturated heterocycles. The highest BCUT2D eigenvalue weighted by Crippen LogP contribution is 2.27. The van der Waals surface area contributed by atoms with Crippen molar-refractivity contribution >= 4 is 18.0 Å². The molecule has 0 spiro atoms. The van der Waals surface area contributed by atoms with Crippen LogP contribution in [-0.4, -0.2) is 52.5 Å². The van der Waals surface area contributed by atoms with Crippen molar-refractivity contribution < 1.29 is 24.2 Å². The van der Waals surface area contributed by atoms with Gasteiger partial charge in [-0.25, -0.2) is 14.6 Å². The Bertz CT molecular complexity index is 656. The Morgan fingerprint density at radius 3 is 2.68 bits per heavy atom. The third-order valence-corrected chi connectivity index (χ3v) is 3.71. The summed E-state index contributed by atoms with van der Waals surface area (Å²) in [5.41, 5.74) is -0.138. The maximum atomic E-state index is 12.2. The predicted octanol–water partition coefficient (Wildman–Crippen LogP) is 3.10. The minimum atomic E-state index is -1.03. The Kier molecular flexibility index (Phi) is 5.39. The van der Waals surface area contributed by atoms with Crippen molar-refractivity contribution in [2.24, 2.45) is 0 Å². The van der Waals surface area contributed by atoms with E-state index in [4.69, 9.17) is 9.47 Å². The fourth-order valence-electron chi connectivity index (χ4n) is 2.37. The molecule has 0 unspecified atom stereocenters. The van der Waals surface area contributed by atoms with Crippen LogP contribution in [0.4, 0.5) is 15.4 Å². The molecule has 1 aromatic heterocycles. The zero-order valence-corrected chi connectivity index (χ0v) is 15.3. The zero-order chi connectivity index (χ0) is 18.8. The smallest absolute Gasteiger partial charge is 0.415 e. The predicted molar refractivity (Wildman–Crippen MR) is 92.0 cm³/mol. The van der Waals surface area contributed by atoms with Gasteiger partial charge in [0.2, 0.25) is 0 Å². The molecule has 0 saturated carbocycles. The van der Waals surface area contributed by atoms with Gasteiger partial charge in [0, 0.05) is 7.05 Å². The Morgan fingerprint density at radius 2 is 2.12 bits per heavy atom. The summed E-state index contributed by atoms with van der Waals surface area (Å²) in [5, 5.41) is 9.35. The number of aromatic nitrogens is 1. The molecule has 0 bridgehead atoms. The van der Waals surface area contributed by atoms with Gasteiger partial charge in [0.05, 0.1) is 13.1 Å². The van der Waals surface area contributed by atoms with Crippen molar-refractivity contribution in [3.05, 3.63) is 17.8 Å². The third-order valence-electron chi connectivity index (χ3n) is 3.71. The van der Waals surface area contributed by atoms with Crippen LogP contribution in [0.5, 0.6) is 5.75 Å². The lowest BCUT2D eigenvalue weighted by Gasteiger charge is -2.24.